The molecule has 2 aromatic rings. The molecular formula is C15H16BrN3O3. The van der Waals surface area contributed by atoms with Crippen molar-refractivity contribution in [2.45, 2.75) is 19.9 Å². The Balaban J connectivity index is 1.91. The van der Waals surface area contributed by atoms with Gasteiger partial charge in [-0.3, -0.25) is 4.79 Å². The van der Waals surface area contributed by atoms with E-state index in [1.807, 2.05) is 25.1 Å². The van der Waals surface area contributed by atoms with Crippen LogP contribution in [0, 0.1) is 13.8 Å². The quantitative estimate of drug-likeness (QED) is 0.818. The van der Waals surface area contributed by atoms with Crippen LogP contribution in [0.5, 0.6) is 0 Å². The van der Waals surface area contributed by atoms with E-state index in [0.717, 1.165) is 10.0 Å². The average molecular weight is 366 g/mol. The summed E-state index contributed by atoms with van der Waals surface area (Å²) in [5.74, 6) is 0.900. The summed E-state index contributed by atoms with van der Waals surface area (Å²) in [5, 5.41) is 3.80. The molecule has 1 atom stereocenters. The minimum atomic E-state index is -0.346. The molecule has 0 saturated carbocycles. The van der Waals surface area contributed by atoms with Crippen molar-refractivity contribution >= 4 is 21.8 Å². The monoisotopic (exact) mass is 365 g/mol. The van der Waals surface area contributed by atoms with Gasteiger partial charge in [0.1, 0.15) is 6.04 Å². The Morgan fingerprint density at radius 1 is 1.36 bits per heavy atom. The highest BCUT2D eigenvalue weighted by Crippen LogP contribution is 2.26. The summed E-state index contributed by atoms with van der Waals surface area (Å²) >= 11 is 3.43. The summed E-state index contributed by atoms with van der Waals surface area (Å²) in [6, 6.07) is 5.32. The van der Waals surface area contributed by atoms with E-state index < -0.39 is 0 Å². The first-order valence-electron chi connectivity index (χ1n) is 7.00. The molecule has 1 unspecified atom stereocenters. The molecule has 1 aromatic carbocycles. The molecule has 0 bridgehead atoms. The van der Waals surface area contributed by atoms with Gasteiger partial charge < -0.3 is 14.2 Å². The third-order valence-electron chi connectivity index (χ3n) is 3.51. The van der Waals surface area contributed by atoms with Crippen molar-refractivity contribution in [2.24, 2.45) is 0 Å². The molecule has 1 aliphatic rings. The van der Waals surface area contributed by atoms with Gasteiger partial charge in [-0.25, -0.2) is 0 Å². The average Bonchev–Trinajstić information content (AvgIpc) is 2.92. The molecule has 116 valence electrons. The van der Waals surface area contributed by atoms with Crippen LogP contribution in [0.3, 0.4) is 0 Å². The number of carbonyl (C=O) groups excluding carboxylic acids is 1. The van der Waals surface area contributed by atoms with Crippen LogP contribution in [-0.2, 0) is 4.74 Å². The SMILES string of the molecule is Cc1cc(Br)cc(C(=O)N2CCOCC2c2nc(C)no2)c1. The maximum absolute atomic E-state index is 12.9. The van der Waals surface area contributed by atoms with Crippen LogP contribution in [0.15, 0.2) is 27.2 Å². The zero-order chi connectivity index (χ0) is 15.7. The number of benzene rings is 1. The molecule has 1 aromatic heterocycles. The van der Waals surface area contributed by atoms with Gasteiger partial charge >= 0.3 is 0 Å². The van der Waals surface area contributed by atoms with E-state index in [2.05, 4.69) is 26.1 Å². The normalized spacial score (nSPS) is 18.5. The number of amides is 1. The van der Waals surface area contributed by atoms with E-state index in [-0.39, 0.29) is 11.9 Å². The number of ether oxygens (including phenoxy) is 1. The molecule has 0 spiro atoms. The Labute approximate surface area is 136 Å². The van der Waals surface area contributed by atoms with Crippen LogP contribution in [-0.4, -0.2) is 40.7 Å². The third kappa shape index (κ3) is 3.05. The number of morpholine rings is 1. The Hall–Kier alpha value is -1.73. The number of hydrogen-bond donors (Lipinski definition) is 0. The summed E-state index contributed by atoms with van der Waals surface area (Å²) in [6.07, 6.45) is 0. The van der Waals surface area contributed by atoms with Crippen LogP contribution in [0.2, 0.25) is 0 Å². The van der Waals surface area contributed by atoms with E-state index in [0.29, 0.717) is 37.0 Å². The lowest BCUT2D eigenvalue weighted by atomic mass is 10.1. The van der Waals surface area contributed by atoms with Crippen molar-refractivity contribution in [1.29, 1.82) is 0 Å². The summed E-state index contributed by atoms with van der Waals surface area (Å²) < 4.78 is 11.6. The molecule has 1 fully saturated rings. The molecule has 0 radical (unpaired) electrons. The van der Waals surface area contributed by atoms with Crippen molar-refractivity contribution in [3.05, 3.63) is 45.5 Å². The Bertz CT molecular complexity index is 681. The summed E-state index contributed by atoms with van der Waals surface area (Å²) in [5.41, 5.74) is 1.66. The molecule has 1 aliphatic heterocycles. The third-order valence-corrected chi connectivity index (χ3v) is 3.96. The first-order valence-corrected chi connectivity index (χ1v) is 7.80. The first kappa shape index (κ1) is 15.2. The molecule has 7 heteroatoms. The fourth-order valence-electron chi connectivity index (χ4n) is 2.53. The Morgan fingerprint density at radius 2 is 2.18 bits per heavy atom. The zero-order valence-corrected chi connectivity index (χ0v) is 14.0. The standard InChI is InChI=1S/C15H16BrN3O3/c1-9-5-11(7-12(16)6-9)15(20)19-3-4-21-8-13(19)14-17-10(2)18-22-14/h5-7,13H,3-4,8H2,1-2H3. The lowest BCUT2D eigenvalue weighted by molar-refractivity contribution is -0.0119. The zero-order valence-electron chi connectivity index (χ0n) is 12.4. The molecule has 0 N–H and O–H groups in total. The van der Waals surface area contributed by atoms with Crippen LogP contribution >= 0.6 is 15.9 Å². The molecule has 22 heavy (non-hydrogen) atoms. The Morgan fingerprint density at radius 3 is 2.86 bits per heavy atom. The minimum Gasteiger partial charge on any atom is -0.377 e. The van der Waals surface area contributed by atoms with E-state index in [1.54, 1.807) is 11.8 Å². The lowest BCUT2D eigenvalue weighted by Crippen LogP contribution is -2.43. The Kier molecular flexibility index (Phi) is 4.26. The van der Waals surface area contributed by atoms with Crippen LogP contribution in [0.25, 0.3) is 0 Å². The fraction of sp³-hybridized carbons (Fsp3) is 0.400. The van der Waals surface area contributed by atoms with Crippen molar-refractivity contribution in [3.8, 4) is 0 Å². The second kappa shape index (κ2) is 6.18. The van der Waals surface area contributed by atoms with Gasteiger partial charge in [-0.05, 0) is 37.6 Å². The van der Waals surface area contributed by atoms with Crippen molar-refractivity contribution < 1.29 is 14.1 Å². The maximum Gasteiger partial charge on any atom is 0.254 e. The van der Waals surface area contributed by atoms with Gasteiger partial charge in [0.15, 0.2) is 5.82 Å². The largest absolute Gasteiger partial charge is 0.377 e. The predicted octanol–water partition coefficient (Wildman–Crippen LogP) is 2.66. The highest BCUT2D eigenvalue weighted by molar-refractivity contribution is 9.10. The molecule has 1 amide bonds. The van der Waals surface area contributed by atoms with Crippen LogP contribution in [0.1, 0.15) is 33.7 Å². The lowest BCUT2D eigenvalue weighted by Gasteiger charge is -2.33. The van der Waals surface area contributed by atoms with Gasteiger partial charge in [-0.1, -0.05) is 21.1 Å². The van der Waals surface area contributed by atoms with Gasteiger partial charge in [0.2, 0.25) is 0 Å². The van der Waals surface area contributed by atoms with Crippen LogP contribution < -0.4 is 0 Å². The number of nitrogens with zero attached hydrogens (tertiary/aromatic N) is 3. The molecule has 0 aliphatic carbocycles. The molecule has 3 rings (SSSR count). The second-order valence-corrected chi connectivity index (χ2v) is 6.20. The first-order chi connectivity index (χ1) is 10.5. The van der Waals surface area contributed by atoms with Crippen molar-refractivity contribution in [3.63, 3.8) is 0 Å². The summed E-state index contributed by atoms with van der Waals surface area (Å²) in [4.78, 5) is 18.8. The molecule has 2 heterocycles. The number of carbonyl (C=O) groups is 1. The van der Waals surface area contributed by atoms with Gasteiger partial charge in [0.05, 0.1) is 13.2 Å². The second-order valence-electron chi connectivity index (χ2n) is 5.29. The molecule has 6 nitrogen and oxygen atoms in total. The number of hydrogen-bond acceptors (Lipinski definition) is 5. The number of halogens is 1. The van der Waals surface area contributed by atoms with E-state index in [9.17, 15) is 4.79 Å². The number of rotatable bonds is 2. The summed E-state index contributed by atoms with van der Waals surface area (Å²) in [6.45, 7) is 5.07. The highest BCUT2D eigenvalue weighted by Gasteiger charge is 2.33. The van der Waals surface area contributed by atoms with Crippen molar-refractivity contribution in [2.75, 3.05) is 19.8 Å². The summed E-state index contributed by atoms with van der Waals surface area (Å²) in [7, 11) is 0. The van der Waals surface area contributed by atoms with E-state index in [1.165, 1.54) is 0 Å². The van der Waals surface area contributed by atoms with E-state index >= 15 is 0 Å². The highest BCUT2D eigenvalue weighted by atomic mass is 79.9. The van der Waals surface area contributed by atoms with Gasteiger partial charge in [-0.15, -0.1) is 0 Å². The molecular weight excluding hydrogens is 350 g/mol. The topological polar surface area (TPSA) is 68.5 Å². The number of aryl methyl sites for hydroxylation is 2. The fourth-order valence-corrected chi connectivity index (χ4v) is 3.13. The van der Waals surface area contributed by atoms with Gasteiger partial charge in [-0.2, -0.15) is 4.98 Å². The molecule has 1 saturated heterocycles. The van der Waals surface area contributed by atoms with Crippen LogP contribution in [0.4, 0.5) is 0 Å². The van der Waals surface area contributed by atoms with Gasteiger partial charge in [0.25, 0.3) is 11.8 Å². The van der Waals surface area contributed by atoms with Crippen molar-refractivity contribution in [1.82, 2.24) is 15.0 Å². The smallest absolute Gasteiger partial charge is 0.254 e. The maximum atomic E-state index is 12.9. The predicted molar refractivity (Wildman–Crippen MR) is 82.5 cm³/mol. The van der Waals surface area contributed by atoms with Gasteiger partial charge in [0, 0.05) is 16.6 Å². The number of aromatic nitrogens is 2. The van der Waals surface area contributed by atoms with E-state index in [4.69, 9.17) is 9.26 Å². The minimum absolute atomic E-state index is 0.0615.